The molecule has 2 aromatic rings. The summed E-state index contributed by atoms with van der Waals surface area (Å²) in [6, 6.07) is 3.51. The molecule has 2 aliphatic rings. The Morgan fingerprint density at radius 3 is 2.45 bits per heavy atom. The van der Waals surface area contributed by atoms with Crippen LogP contribution >= 0.6 is 0 Å². The average Bonchev–Trinajstić information content (AvgIpc) is 3.43. The molecule has 154 valence electrons. The molecular formula is C21H23F2N3O3. The maximum absolute atomic E-state index is 14.0. The van der Waals surface area contributed by atoms with Gasteiger partial charge in [-0.05, 0) is 37.8 Å². The van der Waals surface area contributed by atoms with Gasteiger partial charge in [0.15, 0.2) is 0 Å². The van der Waals surface area contributed by atoms with Gasteiger partial charge in [0.2, 0.25) is 11.8 Å². The molecule has 1 aromatic heterocycles. The second kappa shape index (κ2) is 7.57. The fraction of sp³-hybridized carbons (Fsp3) is 0.476. The Morgan fingerprint density at radius 1 is 1.14 bits per heavy atom. The van der Waals surface area contributed by atoms with Gasteiger partial charge < -0.3 is 14.3 Å². The van der Waals surface area contributed by atoms with Crippen molar-refractivity contribution in [1.82, 2.24) is 15.0 Å². The van der Waals surface area contributed by atoms with Gasteiger partial charge in [-0.1, -0.05) is 11.2 Å². The molecule has 0 bridgehead atoms. The van der Waals surface area contributed by atoms with Crippen LogP contribution in [0.15, 0.2) is 22.7 Å². The van der Waals surface area contributed by atoms with Crippen molar-refractivity contribution >= 4 is 11.8 Å². The first-order valence-corrected chi connectivity index (χ1v) is 9.78. The third-order valence-electron chi connectivity index (χ3n) is 5.92. The third kappa shape index (κ3) is 3.88. The molecule has 6 nitrogen and oxygen atoms in total. The normalized spacial score (nSPS) is 21.4. The Labute approximate surface area is 167 Å². The first-order chi connectivity index (χ1) is 13.8. The monoisotopic (exact) mass is 403 g/mol. The van der Waals surface area contributed by atoms with Crippen molar-refractivity contribution in [2.45, 2.75) is 32.6 Å². The number of piperazine rings is 1. The van der Waals surface area contributed by atoms with Gasteiger partial charge in [0.05, 0.1) is 12.1 Å². The van der Waals surface area contributed by atoms with E-state index in [1.165, 1.54) is 12.1 Å². The maximum atomic E-state index is 14.0. The van der Waals surface area contributed by atoms with Gasteiger partial charge in [-0.3, -0.25) is 9.59 Å². The smallest absolute Gasteiger partial charge is 0.227 e. The van der Waals surface area contributed by atoms with E-state index in [2.05, 4.69) is 5.16 Å². The molecule has 0 radical (unpaired) electrons. The van der Waals surface area contributed by atoms with Crippen molar-refractivity contribution in [2.24, 2.45) is 5.92 Å². The van der Waals surface area contributed by atoms with Crippen LogP contribution in [0, 0.1) is 31.4 Å². The lowest BCUT2D eigenvalue weighted by Gasteiger charge is -2.35. The summed E-state index contributed by atoms with van der Waals surface area (Å²) in [5.74, 6) is -1.05. The van der Waals surface area contributed by atoms with E-state index in [4.69, 9.17) is 4.52 Å². The number of hydrogen-bond acceptors (Lipinski definition) is 4. The summed E-state index contributed by atoms with van der Waals surface area (Å²) in [6.07, 6.45) is 0.816. The number of hydrogen-bond donors (Lipinski definition) is 0. The molecule has 1 aromatic carbocycles. The van der Waals surface area contributed by atoms with Gasteiger partial charge in [0, 0.05) is 43.7 Å². The van der Waals surface area contributed by atoms with Crippen LogP contribution in [-0.4, -0.2) is 52.9 Å². The highest BCUT2D eigenvalue weighted by Gasteiger charge is 2.47. The minimum absolute atomic E-state index is 0.0100. The van der Waals surface area contributed by atoms with Crippen LogP contribution in [0.4, 0.5) is 8.78 Å². The van der Waals surface area contributed by atoms with E-state index in [0.29, 0.717) is 43.9 Å². The second-order valence-electron chi connectivity index (χ2n) is 7.80. The molecule has 0 N–H and O–H groups in total. The minimum atomic E-state index is -0.618. The molecule has 0 spiro atoms. The number of halogens is 2. The summed E-state index contributed by atoms with van der Waals surface area (Å²) in [5, 5.41) is 3.87. The highest BCUT2D eigenvalue weighted by atomic mass is 19.1. The zero-order chi connectivity index (χ0) is 20.7. The van der Waals surface area contributed by atoms with Crippen LogP contribution in [-0.2, 0) is 16.0 Å². The Bertz CT molecular complexity index is 931. The Hall–Kier alpha value is -2.77. The zero-order valence-corrected chi connectivity index (χ0v) is 16.5. The van der Waals surface area contributed by atoms with E-state index in [-0.39, 0.29) is 30.1 Å². The average molecular weight is 403 g/mol. The maximum Gasteiger partial charge on any atom is 0.227 e. The molecule has 2 fully saturated rings. The van der Waals surface area contributed by atoms with E-state index in [0.717, 1.165) is 17.3 Å². The number of amides is 2. The van der Waals surface area contributed by atoms with Crippen molar-refractivity contribution in [2.75, 3.05) is 26.2 Å². The highest BCUT2D eigenvalue weighted by molar-refractivity contribution is 5.84. The molecule has 29 heavy (non-hydrogen) atoms. The summed E-state index contributed by atoms with van der Waals surface area (Å²) in [5.41, 5.74) is 1.94. The van der Waals surface area contributed by atoms with Crippen LogP contribution in [0.5, 0.6) is 0 Å². The lowest BCUT2D eigenvalue weighted by Crippen LogP contribution is -2.51. The van der Waals surface area contributed by atoms with Gasteiger partial charge in [0.1, 0.15) is 17.4 Å². The first kappa shape index (κ1) is 19.5. The molecule has 1 aliphatic heterocycles. The predicted octanol–water partition coefficient (Wildman–Crippen LogP) is 2.59. The molecule has 1 saturated carbocycles. The molecule has 1 saturated heterocycles. The number of rotatable bonds is 4. The number of aromatic nitrogens is 1. The SMILES string of the molecule is Cc1noc(C)c1CC(=O)N1CCN(C(=O)C2CC2c2ccc(F)cc2F)CC1. The predicted molar refractivity (Wildman–Crippen MR) is 100 cm³/mol. The molecule has 2 heterocycles. The van der Waals surface area contributed by atoms with Gasteiger partial charge >= 0.3 is 0 Å². The molecule has 2 atom stereocenters. The van der Waals surface area contributed by atoms with Gasteiger partial charge in [-0.25, -0.2) is 8.78 Å². The van der Waals surface area contributed by atoms with Gasteiger partial charge in [0.25, 0.3) is 0 Å². The van der Waals surface area contributed by atoms with Crippen molar-refractivity contribution in [3.05, 3.63) is 52.4 Å². The summed E-state index contributed by atoms with van der Waals surface area (Å²) in [7, 11) is 0. The third-order valence-corrected chi connectivity index (χ3v) is 5.92. The van der Waals surface area contributed by atoms with E-state index < -0.39 is 11.6 Å². The molecule has 4 rings (SSSR count). The van der Waals surface area contributed by atoms with Crippen molar-refractivity contribution in [3.8, 4) is 0 Å². The number of aryl methyl sites for hydroxylation is 2. The van der Waals surface area contributed by atoms with Crippen LogP contribution in [0.2, 0.25) is 0 Å². The van der Waals surface area contributed by atoms with Crippen LogP contribution < -0.4 is 0 Å². The molecule has 2 amide bonds. The minimum Gasteiger partial charge on any atom is -0.361 e. The summed E-state index contributed by atoms with van der Waals surface area (Å²) in [6.45, 7) is 5.45. The number of carbonyl (C=O) groups excluding carboxylic acids is 2. The van der Waals surface area contributed by atoms with Crippen LogP contribution in [0.3, 0.4) is 0 Å². The summed E-state index contributed by atoms with van der Waals surface area (Å²) >= 11 is 0. The Balaban J connectivity index is 1.31. The number of benzene rings is 1. The largest absolute Gasteiger partial charge is 0.361 e. The first-order valence-electron chi connectivity index (χ1n) is 9.78. The topological polar surface area (TPSA) is 66.7 Å². The summed E-state index contributed by atoms with van der Waals surface area (Å²) < 4.78 is 32.1. The van der Waals surface area contributed by atoms with Gasteiger partial charge in [-0.2, -0.15) is 0 Å². The standard InChI is InChI=1S/C21H23F2N3O3/c1-12-16(13(2)29-24-12)11-20(27)25-5-7-26(8-6-25)21(28)18-10-17(18)15-4-3-14(22)9-19(15)23/h3-4,9,17-18H,5-8,10-11H2,1-2H3. The van der Waals surface area contributed by atoms with E-state index in [1.54, 1.807) is 16.7 Å². The van der Waals surface area contributed by atoms with Crippen molar-refractivity contribution < 1.29 is 22.9 Å². The molecule has 2 unspecified atom stereocenters. The van der Waals surface area contributed by atoms with Crippen LogP contribution in [0.1, 0.15) is 34.9 Å². The van der Waals surface area contributed by atoms with Crippen molar-refractivity contribution in [1.29, 1.82) is 0 Å². The Kier molecular flexibility index (Phi) is 5.10. The lowest BCUT2D eigenvalue weighted by molar-refractivity contribution is -0.140. The van der Waals surface area contributed by atoms with E-state index >= 15 is 0 Å². The number of nitrogens with zero attached hydrogens (tertiary/aromatic N) is 3. The van der Waals surface area contributed by atoms with Crippen LogP contribution in [0.25, 0.3) is 0 Å². The highest BCUT2D eigenvalue weighted by Crippen LogP contribution is 2.49. The molecule has 1 aliphatic carbocycles. The summed E-state index contributed by atoms with van der Waals surface area (Å²) in [4.78, 5) is 28.8. The zero-order valence-electron chi connectivity index (χ0n) is 16.5. The molecular weight excluding hydrogens is 380 g/mol. The van der Waals surface area contributed by atoms with Crippen molar-refractivity contribution in [3.63, 3.8) is 0 Å². The molecule has 8 heteroatoms. The van der Waals surface area contributed by atoms with E-state index in [1.807, 2.05) is 6.92 Å². The quantitative estimate of drug-likeness (QED) is 0.787. The van der Waals surface area contributed by atoms with E-state index in [9.17, 15) is 18.4 Å². The fourth-order valence-corrected chi connectivity index (χ4v) is 4.04. The fourth-order valence-electron chi connectivity index (χ4n) is 4.04. The van der Waals surface area contributed by atoms with Gasteiger partial charge in [-0.15, -0.1) is 0 Å². The Morgan fingerprint density at radius 2 is 1.83 bits per heavy atom. The lowest BCUT2D eigenvalue weighted by atomic mass is 10.1. The number of carbonyl (C=O) groups is 2. The second-order valence-corrected chi connectivity index (χ2v) is 7.80.